The van der Waals surface area contributed by atoms with Crippen molar-refractivity contribution in [3.05, 3.63) is 65.7 Å². The molecular weight excluding hydrogens is 347 g/mol. The molecule has 0 saturated heterocycles. The highest BCUT2D eigenvalue weighted by atomic mass is 19.4. The van der Waals surface area contributed by atoms with Gasteiger partial charge in [0.05, 0.1) is 16.6 Å². The molecule has 0 aliphatic heterocycles. The second-order valence-electron chi connectivity index (χ2n) is 5.74. The Hall–Kier alpha value is -3.35. The van der Waals surface area contributed by atoms with Crippen LogP contribution < -0.4 is 0 Å². The van der Waals surface area contributed by atoms with Crippen molar-refractivity contribution in [3.8, 4) is 11.5 Å². The number of furan rings is 1. The number of aromatic carboxylic acids is 1. The number of aromatic nitrogens is 1. The zero-order chi connectivity index (χ0) is 18.5. The molecule has 0 aliphatic rings. The van der Waals surface area contributed by atoms with Crippen LogP contribution in [0, 0.1) is 0 Å². The quantitative estimate of drug-likeness (QED) is 0.524. The Morgan fingerprint density at radius 2 is 1.81 bits per heavy atom. The Morgan fingerprint density at radius 3 is 2.50 bits per heavy atom. The van der Waals surface area contributed by atoms with Crippen molar-refractivity contribution in [1.82, 2.24) is 4.98 Å². The van der Waals surface area contributed by atoms with Crippen LogP contribution in [0.15, 0.2) is 59.0 Å². The molecule has 0 aliphatic carbocycles. The predicted molar refractivity (Wildman–Crippen MR) is 88.9 cm³/mol. The lowest BCUT2D eigenvalue weighted by Crippen LogP contribution is -2.06. The molecule has 130 valence electrons. The van der Waals surface area contributed by atoms with E-state index in [4.69, 9.17) is 4.42 Å². The van der Waals surface area contributed by atoms with Gasteiger partial charge in [0.25, 0.3) is 0 Å². The van der Waals surface area contributed by atoms with Gasteiger partial charge in [0, 0.05) is 10.8 Å². The van der Waals surface area contributed by atoms with Crippen molar-refractivity contribution >= 4 is 27.8 Å². The first kappa shape index (κ1) is 16.1. The van der Waals surface area contributed by atoms with E-state index in [0.29, 0.717) is 11.3 Å². The molecule has 4 aromatic rings. The summed E-state index contributed by atoms with van der Waals surface area (Å²) < 4.78 is 44.5. The van der Waals surface area contributed by atoms with Crippen LogP contribution in [-0.2, 0) is 6.18 Å². The van der Waals surface area contributed by atoms with Gasteiger partial charge in [0.15, 0.2) is 5.76 Å². The summed E-state index contributed by atoms with van der Waals surface area (Å²) in [6.07, 6.45) is -4.57. The maximum atomic E-state index is 12.9. The molecule has 0 amide bonds. The van der Waals surface area contributed by atoms with Crippen molar-refractivity contribution in [1.29, 1.82) is 0 Å². The Labute approximate surface area is 144 Å². The minimum Gasteiger partial charge on any atom is -0.478 e. The highest BCUT2D eigenvalue weighted by molar-refractivity contribution is 6.04. The molecule has 0 unspecified atom stereocenters. The number of carbonyl (C=O) groups is 1. The van der Waals surface area contributed by atoms with Crippen LogP contribution in [-0.4, -0.2) is 16.1 Å². The summed E-state index contributed by atoms with van der Waals surface area (Å²) in [5, 5.41) is 10.2. The summed E-state index contributed by atoms with van der Waals surface area (Å²) in [5.41, 5.74) is -0.199. The Kier molecular flexibility index (Phi) is 3.47. The first-order chi connectivity index (χ1) is 12.3. The summed E-state index contributed by atoms with van der Waals surface area (Å²) in [6.45, 7) is 0. The average Bonchev–Trinajstić information content (AvgIpc) is 3.03. The van der Waals surface area contributed by atoms with Gasteiger partial charge in [-0.15, -0.1) is 0 Å². The van der Waals surface area contributed by atoms with Crippen molar-refractivity contribution < 1.29 is 27.5 Å². The molecule has 2 aromatic heterocycles. The summed E-state index contributed by atoms with van der Waals surface area (Å²) in [6, 6.07) is 13.0. The number of nitrogens with zero attached hydrogens (tertiary/aromatic N) is 1. The molecule has 2 aromatic carbocycles. The number of para-hydroxylation sites is 1. The zero-order valence-corrected chi connectivity index (χ0v) is 13.0. The van der Waals surface area contributed by atoms with Gasteiger partial charge in [-0.1, -0.05) is 18.2 Å². The van der Waals surface area contributed by atoms with E-state index in [0.717, 1.165) is 23.6 Å². The van der Waals surface area contributed by atoms with Gasteiger partial charge >= 0.3 is 12.1 Å². The molecular formula is C19H10F3NO3. The second kappa shape index (κ2) is 5.59. The van der Waals surface area contributed by atoms with E-state index in [1.807, 2.05) is 12.1 Å². The number of rotatable bonds is 2. The number of pyridine rings is 1. The van der Waals surface area contributed by atoms with E-state index in [1.54, 1.807) is 18.2 Å². The maximum absolute atomic E-state index is 12.9. The van der Waals surface area contributed by atoms with Gasteiger partial charge in [-0.3, -0.25) is 0 Å². The van der Waals surface area contributed by atoms with Crippen molar-refractivity contribution in [2.45, 2.75) is 6.18 Å². The van der Waals surface area contributed by atoms with E-state index >= 15 is 0 Å². The number of hydrogen-bond acceptors (Lipinski definition) is 3. The SMILES string of the molecule is O=C(O)c1cc(-c2cc3ccccc3o2)nc2ccc(C(F)(F)F)cc12. The molecule has 4 nitrogen and oxygen atoms in total. The molecule has 26 heavy (non-hydrogen) atoms. The normalized spacial score (nSPS) is 12.0. The average molecular weight is 357 g/mol. The fourth-order valence-corrected chi connectivity index (χ4v) is 2.81. The van der Waals surface area contributed by atoms with E-state index in [2.05, 4.69) is 4.98 Å². The minimum absolute atomic E-state index is 0.0767. The molecule has 4 rings (SSSR count). The van der Waals surface area contributed by atoms with Gasteiger partial charge in [0.1, 0.15) is 11.3 Å². The third kappa shape index (κ3) is 2.67. The van der Waals surface area contributed by atoms with Crippen LogP contribution in [0.25, 0.3) is 33.3 Å². The number of fused-ring (bicyclic) bond motifs is 2. The molecule has 0 radical (unpaired) electrons. The summed E-state index contributed by atoms with van der Waals surface area (Å²) in [4.78, 5) is 15.9. The molecule has 2 heterocycles. The number of benzene rings is 2. The Bertz CT molecular complexity index is 1130. The zero-order valence-electron chi connectivity index (χ0n) is 13.0. The van der Waals surface area contributed by atoms with Crippen LogP contribution in [0.4, 0.5) is 13.2 Å². The standard InChI is InChI=1S/C19H10F3NO3/c20-19(21,22)11-5-6-14-12(8-11)13(18(24)25)9-15(23-14)17-7-10-3-1-2-4-16(10)26-17/h1-9H,(H,24,25). The lowest BCUT2D eigenvalue weighted by molar-refractivity contribution is -0.137. The Balaban J connectivity index is 1.96. The molecule has 1 N–H and O–H groups in total. The molecule has 0 fully saturated rings. The monoisotopic (exact) mass is 357 g/mol. The van der Waals surface area contributed by atoms with E-state index in [-0.39, 0.29) is 22.2 Å². The van der Waals surface area contributed by atoms with Crippen LogP contribution in [0.2, 0.25) is 0 Å². The fourth-order valence-electron chi connectivity index (χ4n) is 2.81. The van der Waals surface area contributed by atoms with Crippen molar-refractivity contribution in [2.24, 2.45) is 0 Å². The largest absolute Gasteiger partial charge is 0.478 e. The molecule has 0 atom stereocenters. The lowest BCUT2D eigenvalue weighted by Gasteiger charge is -2.10. The van der Waals surface area contributed by atoms with Gasteiger partial charge in [-0.25, -0.2) is 9.78 Å². The number of halogens is 3. The Morgan fingerprint density at radius 1 is 1.04 bits per heavy atom. The first-order valence-electron chi connectivity index (χ1n) is 7.57. The molecule has 7 heteroatoms. The van der Waals surface area contributed by atoms with Crippen molar-refractivity contribution in [2.75, 3.05) is 0 Å². The predicted octanol–water partition coefficient (Wildman–Crippen LogP) is 5.37. The summed E-state index contributed by atoms with van der Waals surface area (Å²) in [5.74, 6) is -0.996. The van der Waals surface area contributed by atoms with Gasteiger partial charge < -0.3 is 9.52 Å². The summed E-state index contributed by atoms with van der Waals surface area (Å²) >= 11 is 0. The van der Waals surface area contributed by atoms with Crippen molar-refractivity contribution in [3.63, 3.8) is 0 Å². The van der Waals surface area contributed by atoms with Gasteiger partial charge in [0.2, 0.25) is 0 Å². The topological polar surface area (TPSA) is 63.3 Å². The molecule has 0 bridgehead atoms. The highest BCUT2D eigenvalue weighted by Crippen LogP contribution is 2.34. The highest BCUT2D eigenvalue weighted by Gasteiger charge is 2.31. The lowest BCUT2D eigenvalue weighted by atomic mass is 10.0. The third-order valence-electron chi connectivity index (χ3n) is 4.04. The smallest absolute Gasteiger partial charge is 0.416 e. The number of carboxylic acid groups (broad SMARTS) is 1. The minimum atomic E-state index is -4.57. The number of alkyl halides is 3. The van der Waals surface area contributed by atoms with E-state index < -0.39 is 17.7 Å². The molecule has 0 saturated carbocycles. The van der Waals surface area contributed by atoms with Crippen LogP contribution in [0.1, 0.15) is 15.9 Å². The first-order valence-corrected chi connectivity index (χ1v) is 7.57. The number of hydrogen-bond donors (Lipinski definition) is 1. The van der Waals surface area contributed by atoms with Crippen LogP contribution >= 0.6 is 0 Å². The second-order valence-corrected chi connectivity index (χ2v) is 5.74. The molecule has 0 spiro atoms. The van der Waals surface area contributed by atoms with E-state index in [1.165, 1.54) is 6.07 Å². The fraction of sp³-hybridized carbons (Fsp3) is 0.0526. The van der Waals surface area contributed by atoms with E-state index in [9.17, 15) is 23.1 Å². The maximum Gasteiger partial charge on any atom is 0.416 e. The van der Waals surface area contributed by atoms with Crippen LogP contribution in [0.3, 0.4) is 0 Å². The van der Waals surface area contributed by atoms with Gasteiger partial charge in [-0.05, 0) is 36.4 Å². The summed E-state index contributed by atoms with van der Waals surface area (Å²) in [7, 11) is 0. The van der Waals surface area contributed by atoms with Crippen LogP contribution in [0.5, 0.6) is 0 Å². The van der Waals surface area contributed by atoms with Gasteiger partial charge in [-0.2, -0.15) is 13.2 Å². The third-order valence-corrected chi connectivity index (χ3v) is 4.04. The number of carboxylic acids is 1.